The van der Waals surface area contributed by atoms with Crippen LogP contribution in [0.15, 0.2) is 18.2 Å². The molecule has 2 amide bonds. The van der Waals surface area contributed by atoms with Crippen LogP contribution in [-0.4, -0.2) is 38.0 Å². The van der Waals surface area contributed by atoms with Crippen molar-refractivity contribution in [3.05, 3.63) is 29.3 Å². The molecule has 2 aliphatic rings. The molecule has 1 aromatic carbocycles. The molecule has 2 aliphatic heterocycles. The number of amides is 2. The second-order valence-corrected chi connectivity index (χ2v) is 4.25. The molecule has 1 fully saturated rings. The van der Waals surface area contributed by atoms with Gasteiger partial charge in [0.15, 0.2) is 0 Å². The lowest BCUT2D eigenvalue weighted by molar-refractivity contribution is 0.0879. The van der Waals surface area contributed by atoms with Gasteiger partial charge in [-0.2, -0.15) is 0 Å². The summed E-state index contributed by atoms with van der Waals surface area (Å²) < 4.78 is 0. The molecule has 5 heteroatoms. The molecule has 3 rings (SSSR count). The molecule has 88 valence electrons. The highest BCUT2D eigenvalue weighted by Gasteiger charge is 2.27. The Morgan fingerprint density at radius 1 is 1.00 bits per heavy atom. The Morgan fingerprint density at radius 3 is 2.47 bits per heavy atom. The number of carbonyl (C=O) groups excluding carboxylic acids is 2. The van der Waals surface area contributed by atoms with Crippen LogP contribution in [0.2, 0.25) is 0 Å². The minimum absolute atomic E-state index is 0.290. The van der Waals surface area contributed by atoms with Crippen LogP contribution in [0.4, 0.5) is 5.69 Å². The third kappa shape index (κ3) is 1.68. The number of fused-ring (bicyclic) bond motifs is 1. The van der Waals surface area contributed by atoms with Crippen LogP contribution in [-0.2, 0) is 0 Å². The lowest BCUT2D eigenvalue weighted by atomic mass is 10.1. The maximum atomic E-state index is 11.5. The van der Waals surface area contributed by atoms with E-state index in [-0.39, 0.29) is 11.8 Å². The molecular weight excluding hydrogens is 218 g/mol. The Balaban J connectivity index is 1.95. The van der Waals surface area contributed by atoms with E-state index in [4.69, 9.17) is 0 Å². The number of anilines is 1. The van der Waals surface area contributed by atoms with Gasteiger partial charge in [0.1, 0.15) is 0 Å². The van der Waals surface area contributed by atoms with Gasteiger partial charge >= 0.3 is 0 Å². The second kappa shape index (κ2) is 3.85. The van der Waals surface area contributed by atoms with E-state index in [0.717, 1.165) is 31.9 Å². The Labute approximate surface area is 98.8 Å². The zero-order valence-corrected chi connectivity index (χ0v) is 9.32. The monoisotopic (exact) mass is 231 g/mol. The zero-order chi connectivity index (χ0) is 11.8. The third-order valence-corrected chi connectivity index (χ3v) is 3.20. The van der Waals surface area contributed by atoms with Gasteiger partial charge in [-0.3, -0.25) is 14.9 Å². The second-order valence-electron chi connectivity index (χ2n) is 4.25. The first-order valence-corrected chi connectivity index (χ1v) is 5.71. The summed E-state index contributed by atoms with van der Waals surface area (Å²) in [6.07, 6.45) is 0. The van der Waals surface area contributed by atoms with Gasteiger partial charge in [-0.15, -0.1) is 0 Å². The zero-order valence-electron chi connectivity index (χ0n) is 9.32. The van der Waals surface area contributed by atoms with Crippen molar-refractivity contribution in [1.29, 1.82) is 0 Å². The van der Waals surface area contributed by atoms with Crippen LogP contribution in [0.3, 0.4) is 0 Å². The fourth-order valence-electron chi connectivity index (χ4n) is 2.28. The minimum Gasteiger partial charge on any atom is -0.369 e. The Bertz CT molecular complexity index is 493. The summed E-state index contributed by atoms with van der Waals surface area (Å²) in [5, 5.41) is 5.58. The molecular formula is C12H13N3O2. The minimum atomic E-state index is -0.295. The van der Waals surface area contributed by atoms with Crippen molar-refractivity contribution in [2.45, 2.75) is 0 Å². The highest BCUT2D eigenvalue weighted by Crippen LogP contribution is 2.23. The van der Waals surface area contributed by atoms with Gasteiger partial charge in [0.25, 0.3) is 11.8 Å². The lowest BCUT2D eigenvalue weighted by Crippen LogP contribution is -2.43. The largest absolute Gasteiger partial charge is 0.369 e. The van der Waals surface area contributed by atoms with Crippen molar-refractivity contribution in [2.24, 2.45) is 0 Å². The van der Waals surface area contributed by atoms with E-state index in [1.165, 1.54) is 0 Å². The molecule has 0 spiro atoms. The molecule has 0 atom stereocenters. The quantitative estimate of drug-likeness (QED) is 0.667. The van der Waals surface area contributed by atoms with E-state index in [1.54, 1.807) is 12.1 Å². The fraction of sp³-hybridized carbons (Fsp3) is 0.333. The molecule has 0 radical (unpaired) electrons. The Morgan fingerprint density at radius 2 is 1.71 bits per heavy atom. The smallest absolute Gasteiger partial charge is 0.259 e. The van der Waals surface area contributed by atoms with Gasteiger partial charge in [0.05, 0.1) is 11.1 Å². The van der Waals surface area contributed by atoms with Crippen molar-refractivity contribution in [3.8, 4) is 0 Å². The van der Waals surface area contributed by atoms with Crippen LogP contribution in [0.5, 0.6) is 0 Å². The van der Waals surface area contributed by atoms with Crippen LogP contribution in [0.1, 0.15) is 20.7 Å². The third-order valence-electron chi connectivity index (χ3n) is 3.20. The van der Waals surface area contributed by atoms with Gasteiger partial charge in [-0.25, -0.2) is 0 Å². The molecule has 0 unspecified atom stereocenters. The summed E-state index contributed by atoms with van der Waals surface area (Å²) in [7, 11) is 0. The average Bonchev–Trinajstić information content (AvgIpc) is 2.66. The molecule has 5 nitrogen and oxygen atoms in total. The van der Waals surface area contributed by atoms with E-state index in [0.29, 0.717) is 11.1 Å². The van der Waals surface area contributed by atoms with Crippen molar-refractivity contribution in [2.75, 3.05) is 31.1 Å². The van der Waals surface area contributed by atoms with E-state index >= 15 is 0 Å². The van der Waals surface area contributed by atoms with E-state index < -0.39 is 0 Å². The first kappa shape index (κ1) is 10.3. The summed E-state index contributed by atoms with van der Waals surface area (Å²) in [6, 6.07) is 5.44. The van der Waals surface area contributed by atoms with Gasteiger partial charge in [0.2, 0.25) is 0 Å². The number of imide groups is 1. The first-order chi connectivity index (χ1) is 8.25. The van der Waals surface area contributed by atoms with E-state index in [1.807, 2.05) is 6.07 Å². The van der Waals surface area contributed by atoms with Crippen molar-refractivity contribution < 1.29 is 9.59 Å². The SMILES string of the molecule is O=C1NC(=O)c2cc(N3CCNCC3)ccc21. The molecule has 0 bridgehead atoms. The number of hydrogen-bond donors (Lipinski definition) is 2. The maximum Gasteiger partial charge on any atom is 0.259 e. The van der Waals surface area contributed by atoms with Crippen LogP contribution in [0.25, 0.3) is 0 Å². The molecule has 17 heavy (non-hydrogen) atoms. The number of benzene rings is 1. The van der Waals surface area contributed by atoms with Crippen molar-refractivity contribution >= 4 is 17.5 Å². The molecule has 1 aromatic rings. The van der Waals surface area contributed by atoms with E-state index in [2.05, 4.69) is 15.5 Å². The molecule has 0 saturated carbocycles. The molecule has 2 heterocycles. The molecule has 0 aliphatic carbocycles. The van der Waals surface area contributed by atoms with Gasteiger partial charge in [0, 0.05) is 31.9 Å². The van der Waals surface area contributed by atoms with Gasteiger partial charge < -0.3 is 10.2 Å². The normalized spacial score (nSPS) is 19.2. The summed E-state index contributed by atoms with van der Waals surface area (Å²) in [6.45, 7) is 3.74. The Kier molecular flexibility index (Phi) is 2.33. The molecule has 1 saturated heterocycles. The highest BCUT2D eigenvalue weighted by molar-refractivity contribution is 6.21. The van der Waals surface area contributed by atoms with E-state index in [9.17, 15) is 9.59 Å². The van der Waals surface area contributed by atoms with Crippen LogP contribution in [0, 0.1) is 0 Å². The molecule has 2 N–H and O–H groups in total. The lowest BCUT2D eigenvalue weighted by Gasteiger charge is -2.29. The summed E-state index contributed by atoms with van der Waals surface area (Å²) in [5.74, 6) is -0.584. The predicted octanol–water partition coefficient (Wildman–Crippen LogP) is -0.0202. The van der Waals surface area contributed by atoms with Crippen molar-refractivity contribution in [1.82, 2.24) is 10.6 Å². The van der Waals surface area contributed by atoms with Gasteiger partial charge in [-0.05, 0) is 18.2 Å². The fourth-order valence-corrected chi connectivity index (χ4v) is 2.28. The topological polar surface area (TPSA) is 61.4 Å². The number of nitrogens with one attached hydrogen (secondary N) is 2. The number of hydrogen-bond acceptors (Lipinski definition) is 4. The standard InChI is InChI=1S/C12H13N3O2/c16-11-9-2-1-8(7-10(9)12(17)14-11)15-5-3-13-4-6-15/h1-2,7,13H,3-6H2,(H,14,16,17). The summed E-state index contributed by atoms with van der Waals surface area (Å²) in [4.78, 5) is 25.2. The summed E-state index contributed by atoms with van der Waals surface area (Å²) >= 11 is 0. The van der Waals surface area contributed by atoms with Gasteiger partial charge in [-0.1, -0.05) is 0 Å². The number of rotatable bonds is 1. The number of nitrogens with zero attached hydrogens (tertiary/aromatic N) is 1. The van der Waals surface area contributed by atoms with Crippen molar-refractivity contribution in [3.63, 3.8) is 0 Å². The van der Waals surface area contributed by atoms with Crippen LogP contribution >= 0.6 is 0 Å². The molecule has 0 aromatic heterocycles. The highest BCUT2D eigenvalue weighted by atomic mass is 16.2. The first-order valence-electron chi connectivity index (χ1n) is 5.71. The summed E-state index contributed by atoms with van der Waals surface area (Å²) in [5.41, 5.74) is 1.98. The maximum absolute atomic E-state index is 11.5. The number of piperazine rings is 1. The Hall–Kier alpha value is -1.88. The predicted molar refractivity (Wildman–Crippen MR) is 63.3 cm³/mol. The average molecular weight is 231 g/mol. The van der Waals surface area contributed by atoms with Crippen LogP contribution < -0.4 is 15.5 Å². The number of carbonyl (C=O) groups is 2.